The van der Waals surface area contributed by atoms with E-state index in [9.17, 15) is 13.2 Å². The van der Waals surface area contributed by atoms with E-state index in [1.807, 2.05) is 36.4 Å². The Hall–Kier alpha value is -2.81. The first kappa shape index (κ1) is 21.1. The van der Waals surface area contributed by atoms with Crippen LogP contribution in [0.4, 0.5) is 5.69 Å². The molecule has 1 saturated carbocycles. The Labute approximate surface area is 187 Å². The lowest BCUT2D eigenvalue weighted by Crippen LogP contribution is -2.45. The first-order valence-electron chi connectivity index (χ1n) is 11.0. The van der Waals surface area contributed by atoms with Crippen LogP contribution in [0.15, 0.2) is 65.8 Å². The second-order valence-corrected chi connectivity index (χ2v) is 10.3. The molecule has 166 valence electrons. The number of aromatic nitrogens is 1. The summed E-state index contributed by atoms with van der Waals surface area (Å²) in [6, 6.07) is 14.5. The van der Waals surface area contributed by atoms with Crippen molar-refractivity contribution in [2.45, 2.75) is 36.1 Å². The van der Waals surface area contributed by atoms with Gasteiger partial charge < -0.3 is 10.6 Å². The minimum absolute atomic E-state index is 0.00781. The second-order valence-electron chi connectivity index (χ2n) is 8.61. The molecule has 8 heteroatoms. The van der Waals surface area contributed by atoms with Gasteiger partial charge in [0.2, 0.25) is 15.9 Å². The number of piperidine rings is 1. The number of pyridine rings is 1. The molecule has 3 aromatic rings. The average Bonchev–Trinajstić information content (AvgIpc) is 3.61. The molecule has 7 nitrogen and oxygen atoms in total. The number of hydrogen-bond acceptors (Lipinski definition) is 5. The molecular weight excluding hydrogens is 424 g/mol. The molecule has 32 heavy (non-hydrogen) atoms. The number of hydrogen-bond donors (Lipinski definition) is 3. The minimum Gasteiger partial charge on any atom is -0.326 e. The largest absolute Gasteiger partial charge is 0.326 e. The van der Waals surface area contributed by atoms with Crippen LogP contribution >= 0.6 is 0 Å². The number of amides is 1. The van der Waals surface area contributed by atoms with Gasteiger partial charge in [0.05, 0.1) is 4.90 Å². The van der Waals surface area contributed by atoms with Gasteiger partial charge in [0.25, 0.3) is 0 Å². The summed E-state index contributed by atoms with van der Waals surface area (Å²) in [5.41, 5.74) is 1.76. The molecule has 0 radical (unpaired) electrons. The quantitative estimate of drug-likeness (QED) is 0.536. The number of benzene rings is 2. The van der Waals surface area contributed by atoms with E-state index < -0.39 is 10.0 Å². The fourth-order valence-corrected chi connectivity index (χ4v) is 5.65. The first-order chi connectivity index (χ1) is 15.5. The van der Waals surface area contributed by atoms with Gasteiger partial charge in [-0.25, -0.2) is 13.1 Å². The van der Waals surface area contributed by atoms with Gasteiger partial charge in [0.1, 0.15) is 0 Å². The zero-order valence-corrected chi connectivity index (χ0v) is 18.4. The topological polar surface area (TPSA) is 100 Å². The van der Waals surface area contributed by atoms with Gasteiger partial charge in [0.15, 0.2) is 0 Å². The molecule has 3 atom stereocenters. The Balaban J connectivity index is 1.21. The van der Waals surface area contributed by atoms with E-state index in [0.717, 1.165) is 47.8 Å². The summed E-state index contributed by atoms with van der Waals surface area (Å²) in [5.74, 6) is 0.00974. The lowest BCUT2D eigenvalue weighted by atomic mass is 10.1. The Bertz CT molecular complexity index is 1240. The van der Waals surface area contributed by atoms with Gasteiger partial charge in [0, 0.05) is 42.0 Å². The highest BCUT2D eigenvalue weighted by atomic mass is 32.2. The Morgan fingerprint density at radius 2 is 1.91 bits per heavy atom. The second kappa shape index (κ2) is 8.61. The van der Waals surface area contributed by atoms with Crippen molar-refractivity contribution in [1.29, 1.82) is 0 Å². The van der Waals surface area contributed by atoms with Gasteiger partial charge in [-0.05, 0) is 73.0 Å². The Morgan fingerprint density at radius 1 is 1.06 bits per heavy atom. The molecule has 1 amide bonds. The molecule has 2 fully saturated rings. The van der Waals surface area contributed by atoms with Gasteiger partial charge >= 0.3 is 0 Å². The Kier molecular flexibility index (Phi) is 5.67. The number of fused-ring (bicyclic) bond motifs is 1. The van der Waals surface area contributed by atoms with Crippen molar-refractivity contribution in [2.75, 3.05) is 18.4 Å². The molecule has 3 N–H and O–H groups in total. The summed E-state index contributed by atoms with van der Waals surface area (Å²) in [7, 11) is -3.54. The molecule has 1 saturated heterocycles. The summed E-state index contributed by atoms with van der Waals surface area (Å²) in [6.07, 6.45) is 6.10. The molecule has 2 aliphatic rings. The molecule has 1 aromatic heterocycles. The summed E-state index contributed by atoms with van der Waals surface area (Å²) in [5, 5.41) is 8.27. The fraction of sp³-hybridized carbons (Fsp3) is 0.333. The predicted octanol–water partition coefficient (Wildman–Crippen LogP) is 3.01. The first-order valence-corrected chi connectivity index (χ1v) is 12.5. The van der Waals surface area contributed by atoms with Crippen molar-refractivity contribution >= 4 is 32.4 Å². The lowest BCUT2D eigenvalue weighted by Gasteiger charge is -2.23. The molecule has 0 bridgehead atoms. The van der Waals surface area contributed by atoms with Crippen LogP contribution in [-0.2, 0) is 14.8 Å². The summed E-state index contributed by atoms with van der Waals surface area (Å²) < 4.78 is 28.1. The van der Waals surface area contributed by atoms with E-state index in [2.05, 4.69) is 20.3 Å². The molecule has 1 aliphatic heterocycles. The molecular formula is C24H26N4O3S. The zero-order chi connectivity index (χ0) is 22.1. The van der Waals surface area contributed by atoms with E-state index in [1.165, 1.54) is 0 Å². The van der Waals surface area contributed by atoms with Crippen molar-refractivity contribution in [3.8, 4) is 0 Å². The fourth-order valence-electron chi connectivity index (χ4n) is 4.38. The third-order valence-corrected chi connectivity index (χ3v) is 7.81. The molecule has 2 heterocycles. The maximum Gasteiger partial charge on any atom is 0.240 e. The van der Waals surface area contributed by atoms with Gasteiger partial charge in [-0.2, -0.15) is 0 Å². The SMILES string of the molecule is O=C(Nc1ccc2cnccc2c1)[C@@H]1C[C@H]1c1ccc(S(=O)(=O)N[C@H]2CCCNC2)cc1. The smallest absolute Gasteiger partial charge is 0.240 e. The maximum absolute atomic E-state index is 12.7. The minimum atomic E-state index is -3.54. The van der Waals surface area contributed by atoms with Crippen LogP contribution in [0, 0.1) is 5.92 Å². The molecule has 1 aliphatic carbocycles. The number of anilines is 1. The number of carbonyl (C=O) groups is 1. The van der Waals surface area contributed by atoms with E-state index in [4.69, 9.17) is 0 Å². The zero-order valence-electron chi connectivity index (χ0n) is 17.6. The van der Waals surface area contributed by atoms with Crippen molar-refractivity contribution < 1.29 is 13.2 Å². The van der Waals surface area contributed by atoms with Crippen molar-refractivity contribution in [3.05, 3.63) is 66.5 Å². The third-order valence-electron chi connectivity index (χ3n) is 6.27. The number of nitrogens with zero attached hydrogens (tertiary/aromatic N) is 1. The summed E-state index contributed by atoms with van der Waals surface area (Å²) >= 11 is 0. The van der Waals surface area contributed by atoms with Crippen LogP contribution in [0.5, 0.6) is 0 Å². The number of rotatable bonds is 6. The predicted molar refractivity (Wildman–Crippen MR) is 124 cm³/mol. The molecule has 5 rings (SSSR count). The van der Waals surface area contributed by atoms with Crippen molar-refractivity contribution in [3.63, 3.8) is 0 Å². The molecule has 0 spiro atoms. The molecule has 0 unspecified atom stereocenters. The van der Waals surface area contributed by atoms with E-state index in [-0.39, 0.29) is 28.7 Å². The number of sulfonamides is 1. The van der Waals surface area contributed by atoms with Crippen LogP contribution in [-0.4, -0.2) is 38.4 Å². The highest BCUT2D eigenvalue weighted by Crippen LogP contribution is 2.48. The number of nitrogens with one attached hydrogen (secondary N) is 3. The van der Waals surface area contributed by atoms with Gasteiger partial charge in [-0.1, -0.05) is 18.2 Å². The van der Waals surface area contributed by atoms with E-state index >= 15 is 0 Å². The third kappa shape index (κ3) is 4.53. The standard InChI is InChI=1S/C24H26N4O3S/c29-24(27-19-6-3-18-14-26-11-9-17(18)12-19)23-13-22(23)16-4-7-21(8-5-16)32(30,31)28-20-2-1-10-25-15-20/h3-9,11-12,14,20,22-23,25,28H,1-2,10,13,15H2,(H,27,29)/t20-,22-,23+/m0/s1. The Morgan fingerprint density at radius 3 is 2.69 bits per heavy atom. The van der Waals surface area contributed by atoms with Crippen LogP contribution < -0.4 is 15.4 Å². The lowest BCUT2D eigenvalue weighted by molar-refractivity contribution is -0.117. The average molecular weight is 451 g/mol. The maximum atomic E-state index is 12.7. The molecule has 2 aromatic carbocycles. The van der Waals surface area contributed by atoms with Crippen molar-refractivity contribution in [2.24, 2.45) is 5.92 Å². The van der Waals surface area contributed by atoms with Gasteiger partial charge in [-0.15, -0.1) is 0 Å². The van der Waals surface area contributed by atoms with Crippen molar-refractivity contribution in [1.82, 2.24) is 15.0 Å². The highest BCUT2D eigenvalue weighted by molar-refractivity contribution is 7.89. The van der Waals surface area contributed by atoms with E-state index in [1.54, 1.807) is 24.5 Å². The number of carbonyl (C=O) groups excluding carboxylic acids is 1. The van der Waals surface area contributed by atoms with E-state index in [0.29, 0.717) is 6.54 Å². The monoisotopic (exact) mass is 450 g/mol. The van der Waals surface area contributed by atoms with Crippen LogP contribution in [0.25, 0.3) is 10.8 Å². The summed E-state index contributed by atoms with van der Waals surface area (Å²) in [4.78, 5) is 17.1. The van der Waals surface area contributed by atoms with Crippen LogP contribution in [0.2, 0.25) is 0 Å². The van der Waals surface area contributed by atoms with Crippen LogP contribution in [0.3, 0.4) is 0 Å². The highest BCUT2D eigenvalue weighted by Gasteiger charge is 2.44. The van der Waals surface area contributed by atoms with Crippen LogP contribution in [0.1, 0.15) is 30.7 Å². The summed E-state index contributed by atoms with van der Waals surface area (Å²) in [6.45, 7) is 1.59. The normalized spacial score (nSPS) is 23.1. The van der Waals surface area contributed by atoms with Gasteiger partial charge in [-0.3, -0.25) is 9.78 Å².